The summed E-state index contributed by atoms with van der Waals surface area (Å²) < 4.78 is 0. The Morgan fingerprint density at radius 2 is 0.633 bits per heavy atom. The lowest BCUT2D eigenvalue weighted by molar-refractivity contribution is 0.959. The van der Waals surface area contributed by atoms with Gasteiger partial charge in [0, 0.05) is 0 Å². The van der Waals surface area contributed by atoms with Crippen molar-refractivity contribution in [2.45, 2.75) is 12.8 Å². The van der Waals surface area contributed by atoms with Crippen molar-refractivity contribution in [2.24, 2.45) is 20.5 Å². The molecule has 0 aliphatic rings. The van der Waals surface area contributed by atoms with Gasteiger partial charge in [-0.3, -0.25) is 0 Å². The fourth-order valence-electron chi connectivity index (χ4n) is 2.97. The van der Waals surface area contributed by atoms with Crippen LogP contribution in [0.5, 0.6) is 0 Å². The standard InChI is InChI=1S/C26H22N4/c1-3-7-23(8-4-1)27-29-25-17-13-21(14-18-25)11-12-22-15-19-26(20-16-22)30-28-24-9-5-2-6-10-24/h1-10,13-20H,11-12H2. The molecule has 4 nitrogen and oxygen atoms in total. The molecule has 30 heavy (non-hydrogen) atoms. The summed E-state index contributed by atoms with van der Waals surface area (Å²) in [5.74, 6) is 0. The van der Waals surface area contributed by atoms with Crippen molar-refractivity contribution in [3.05, 3.63) is 120 Å². The van der Waals surface area contributed by atoms with Crippen molar-refractivity contribution in [1.29, 1.82) is 0 Å². The monoisotopic (exact) mass is 390 g/mol. The summed E-state index contributed by atoms with van der Waals surface area (Å²) in [4.78, 5) is 0. The molecule has 146 valence electrons. The Morgan fingerprint density at radius 1 is 0.333 bits per heavy atom. The minimum Gasteiger partial charge on any atom is -0.151 e. The van der Waals surface area contributed by atoms with Crippen LogP contribution >= 0.6 is 0 Å². The maximum absolute atomic E-state index is 4.29. The topological polar surface area (TPSA) is 49.4 Å². The SMILES string of the molecule is c1ccc(N=Nc2ccc(CCc3ccc(N=Nc4ccccc4)cc3)cc2)cc1. The van der Waals surface area contributed by atoms with Gasteiger partial charge in [0.2, 0.25) is 0 Å². The van der Waals surface area contributed by atoms with E-state index in [0.29, 0.717) is 0 Å². The Kier molecular flexibility index (Phi) is 6.48. The van der Waals surface area contributed by atoms with E-state index in [1.807, 2.05) is 84.9 Å². The van der Waals surface area contributed by atoms with Crippen LogP contribution < -0.4 is 0 Å². The van der Waals surface area contributed by atoms with Gasteiger partial charge in [0.15, 0.2) is 0 Å². The molecule has 0 amide bonds. The molecule has 0 aliphatic carbocycles. The van der Waals surface area contributed by atoms with E-state index < -0.39 is 0 Å². The second-order valence-corrected chi connectivity index (χ2v) is 6.90. The first-order chi connectivity index (χ1) is 14.8. The van der Waals surface area contributed by atoms with Crippen molar-refractivity contribution in [3.63, 3.8) is 0 Å². The highest BCUT2D eigenvalue weighted by Crippen LogP contribution is 2.21. The Morgan fingerprint density at radius 3 is 0.967 bits per heavy atom. The van der Waals surface area contributed by atoms with Crippen LogP contribution in [0.3, 0.4) is 0 Å². The van der Waals surface area contributed by atoms with Gasteiger partial charge in [-0.25, -0.2) is 0 Å². The third-order valence-electron chi connectivity index (χ3n) is 4.65. The van der Waals surface area contributed by atoms with E-state index in [2.05, 4.69) is 44.7 Å². The minimum absolute atomic E-state index is 0.855. The summed E-state index contributed by atoms with van der Waals surface area (Å²) in [5.41, 5.74) is 5.98. The van der Waals surface area contributed by atoms with Gasteiger partial charge in [0.1, 0.15) is 0 Å². The third-order valence-corrected chi connectivity index (χ3v) is 4.65. The van der Waals surface area contributed by atoms with Gasteiger partial charge < -0.3 is 0 Å². The fourth-order valence-corrected chi connectivity index (χ4v) is 2.97. The summed E-state index contributed by atoms with van der Waals surface area (Å²) in [7, 11) is 0. The van der Waals surface area contributed by atoms with Crippen molar-refractivity contribution in [1.82, 2.24) is 0 Å². The van der Waals surface area contributed by atoms with Crippen LogP contribution in [-0.4, -0.2) is 0 Å². The quantitative estimate of drug-likeness (QED) is 0.285. The molecule has 0 aliphatic heterocycles. The molecular formula is C26H22N4. The molecule has 0 aromatic heterocycles. The highest BCUT2D eigenvalue weighted by atomic mass is 15.1. The lowest BCUT2D eigenvalue weighted by Gasteiger charge is -2.03. The fraction of sp³-hybridized carbons (Fsp3) is 0.0769. The Bertz CT molecular complexity index is 1010. The molecule has 0 heterocycles. The molecule has 4 heteroatoms. The van der Waals surface area contributed by atoms with Crippen LogP contribution in [0, 0.1) is 0 Å². The van der Waals surface area contributed by atoms with Crippen LogP contribution in [0.25, 0.3) is 0 Å². The summed E-state index contributed by atoms with van der Waals surface area (Å²) in [6.07, 6.45) is 1.95. The predicted molar refractivity (Wildman–Crippen MR) is 122 cm³/mol. The smallest absolute Gasteiger partial charge is 0.0857 e. The van der Waals surface area contributed by atoms with Crippen LogP contribution in [0.4, 0.5) is 22.7 Å². The Hall–Kier alpha value is -3.92. The highest BCUT2D eigenvalue weighted by Gasteiger charge is 1.98. The lowest BCUT2D eigenvalue weighted by atomic mass is 10.0. The van der Waals surface area contributed by atoms with E-state index in [-0.39, 0.29) is 0 Å². The Labute approximate surface area is 176 Å². The molecule has 0 spiro atoms. The summed E-state index contributed by atoms with van der Waals surface area (Å²) in [5, 5.41) is 17.1. The van der Waals surface area contributed by atoms with Crippen LogP contribution in [-0.2, 0) is 12.8 Å². The van der Waals surface area contributed by atoms with Gasteiger partial charge in [0.05, 0.1) is 22.7 Å². The molecule has 0 saturated heterocycles. The van der Waals surface area contributed by atoms with Crippen LogP contribution in [0.15, 0.2) is 130 Å². The van der Waals surface area contributed by atoms with Crippen molar-refractivity contribution >= 4 is 22.7 Å². The first kappa shape index (κ1) is 19.4. The molecular weight excluding hydrogens is 368 g/mol. The molecule has 0 N–H and O–H groups in total. The molecule has 0 saturated carbocycles. The first-order valence-corrected chi connectivity index (χ1v) is 9.97. The number of benzene rings is 4. The van der Waals surface area contributed by atoms with Crippen LogP contribution in [0.2, 0.25) is 0 Å². The molecule has 4 aromatic carbocycles. The summed E-state index contributed by atoms with van der Waals surface area (Å²) in [6, 6.07) is 36.0. The van der Waals surface area contributed by atoms with E-state index in [1.165, 1.54) is 11.1 Å². The molecule has 0 bridgehead atoms. The van der Waals surface area contributed by atoms with Gasteiger partial charge in [-0.15, -0.1) is 0 Å². The maximum atomic E-state index is 4.29. The van der Waals surface area contributed by atoms with Gasteiger partial charge in [0.25, 0.3) is 0 Å². The lowest BCUT2D eigenvalue weighted by Crippen LogP contribution is -1.90. The molecule has 4 rings (SSSR count). The second-order valence-electron chi connectivity index (χ2n) is 6.90. The first-order valence-electron chi connectivity index (χ1n) is 9.97. The summed E-state index contributed by atoms with van der Waals surface area (Å²) in [6.45, 7) is 0. The minimum atomic E-state index is 0.855. The zero-order valence-corrected chi connectivity index (χ0v) is 16.6. The predicted octanol–water partition coefficient (Wildman–Crippen LogP) is 8.30. The largest absolute Gasteiger partial charge is 0.151 e. The van der Waals surface area contributed by atoms with Gasteiger partial charge in [-0.1, -0.05) is 60.7 Å². The van der Waals surface area contributed by atoms with E-state index in [4.69, 9.17) is 0 Å². The molecule has 0 radical (unpaired) electrons. The van der Waals surface area contributed by atoms with E-state index in [1.54, 1.807) is 0 Å². The number of hydrogen-bond donors (Lipinski definition) is 0. The zero-order chi connectivity index (χ0) is 20.4. The van der Waals surface area contributed by atoms with Crippen molar-refractivity contribution in [3.8, 4) is 0 Å². The molecule has 0 fully saturated rings. The summed E-state index contributed by atoms with van der Waals surface area (Å²) >= 11 is 0. The van der Waals surface area contributed by atoms with Crippen LogP contribution in [0.1, 0.15) is 11.1 Å². The zero-order valence-electron chi connectivity index (χ0n) is 16.6. The number of azo groups is 2. The molecule has 0 unspecified atom stereocenters. The normalized spacial score (nSPS) is 11.3. The van der Waals surface area contributed by atoms with E-state index in [9.17, 15) is 0 Å². The van der Waals surface area contributed by atoms with E-state index >= 15 is 0 Å². The Balaban J connectivity index is 1.30. The maximum Gasteiger partial charge on any atom is 0.0857 e. The number of hydrogen-bond acceptors (Lipinski definition) is 4. The van der Waals surface area contributed by atoms with Crippen molar-refractivity contribution < 1.29 is 0 Å². The van der Waals surface area contributed by atoms with Gasteiger partial charge >= 0.3 is 0 Å². The number of nitrogens with zero attached hydrogens (tertiary/aromatic N) is 4. The van der Waals surface area contributed by atoms with Gasteiger partial charge in [-0.05, 0) is 72.5 Å². The third kappa shape index (κ3) is 5.79. The molecule has 4 aromatic rings. The van der Waals surface area contributed by atoms with Gasteiger partial charge in [-0.2, -0.15) is 20.5 Å². The molecule has 0 atom stereocenters. The number of rotatable bonds is 7. The average molecular weight is 390 g/mol. The van der Waals surface area contributed by atoms with Crippen molar-refractivity contribution in [2.75, 3.05) is 0 Å². The second kappa shape index (κ2) is 10.0. The average Bonchev–Trinajstić information content (AvgIpc) is 2.83. The van der Waals surface area contributed by atoms with E-state index in [0.717, 1.165) is 35.6 Å². The number of aryl methyl sites for hydroxylation is 2. The highest BCUT2D eigenvalue weighted by molar-refractivity contribution is 5.42.